The summed E-state index contributed by atoms with van der Waals surface area (Å²) >= 11 is 0. The molecule has 0 spiro atoms. The minimum Gasteiger partial charge on any atom is -0.466 e. The van der Waals surface area contributed by atoms with Crippen molar-refractivity contribution in [3.8, 4) is 0 Å². The summed E-state index contributed by atoms with van der Waals surface area (Å²) in [6.45, 7) is -0.234. The van der Waals surface area contributed by atoms with Crippen LogP contribution in [-0.4, -0.2) is 61.7 Å². The Kier molecular flexibility index (Phi) is 5.36. The van der Waals surface area contributed by atoms with Crippen LogP contribution < -0.4 is 5.32 Å². The van der Waals surface area contributed by atoms with Gasteiger partial charge in [-0.2, -0.15) is 8.42 Å². The fraction of sp³-hybridized carbons (Fsp3) is 0.222. The number of methoxy groups -OCH3 is 1. The van der Waals surface area contributed by atoms with Crippen LogP contribution in [0.4, 0.5) is 5.69 Å². The monoisotopic (exact) mass is 406 g/mol. The van der Waals surface area contributed by atoms with Crippen LogP contribution in [0.15, 0.2) is 52.6 Å². The Morgan fingerprint density at radius 2 is 1.89 bits per heavy atom. The van der Waals surface area contributed by atoms with Crippen LogP contribution in [0.1, 0.15) is 0 Å². The van der Waals surface area contributed by atoms with Crippen molar-refractivity contribution >= 4 is 38.5 Å². The molecule has 3 rings (SSSR count). The maximum absolute atomic E-state index is 12.6. The normalized spacial score (nSPS) is 14.7. The lowest BCUT2D eigenvalue weighted by atomic mass is 10.1. The number of ether oxygens (including phenoxy) is 1. The molecule has 0 radical (unpaired) electrons. The van der Waals surface area contributed by atoms with Gasteiger partial charge in [-0.05, 0) is 12.1 Å². The van der Waals surface area contributed by atoms with Crippen molar-refractivity contribution in [1.29, 1.82) is 0 Å². The number of carbonyl (C=O) groups excluding carboxylic acids is 2. The van der Waals surface area contributed by atoms with Crippen LogP contribution in [-0.2, 0) is 24.4 Å². The fourth-order valence-electron chi connectivity index (χ4n) is 3.10. The summed E-state index contributed by atoms with van der Waals surface area (Å²) in [5, 5.41) is 12.7. The van der Waals surface area contributed by atoms with Crippen molar-refractivity contribution in [3.05, 3.63) is 47.7 Å². The Morgan fingerprint density at radius 1 is 1.21 bits per heavy atom. The summed E-state index contributed by atoms with van der Waals surface area (Å²) < 4.78 is 37.4. The molecule has 1 amide bonds. The molecule has 1 aliphatic rings. The number of anilines is 1. The molecule has 2 aromatic carbocycles. The third-order valence-electron chi connectivity index (χ3n) is 4.37. The molecule has 1 aliphatic heterocycles. The molecular weight excluding hydrogens is 388 g/mol. The minimum absolute atomic E-state index is 0.00920. The van der Waals surface area contributed by atoms with E-state index in [0.29, 0.717) is 11.1 Å². The van der Waals surface area contributed by atoms with Crippen molar-refractivity contribution in [1.82, 2.24) is 4.90 Å². The van der Waals surface area contributed by atoms with Gasteiger partial charge in [0.05, 0.1) is 25.8 Å². The van der Waals surface area contributed by atoms with Crippen LogP contribution >= 0.6 is 0 Å². The molecule has 0 bridgehead atoms. The van der Waals surface area contributed by atoms with E-state index in [-0.39, 0.29) is 41.2 Å². The molecule has 9 nitrogen and oxygen atoms in total. The highest BCUT2D eigenvalue weighted by Crippen LogP contribution is 2.31. The van der Waals surface area contributed by atoms with Crippen molar-refractivity contribution in [2.75, 3.05) is 32.1 Å². The summed E-state index contributed by atoms with van der Waals surface area (Å²) in [6, 6.07) is 9.04. The molecule has 1 heterocycles. The van der Waals surface area contributed by atoms with E-state index in [1.165, 1.54) is 30.2 Å². The quantitative estimate of drug-likeness (QED) is 0.473. The topological polar surface area (TPSA) is 133 Å². The lowest BCUT2D eigenvalue weighted by molar-refractivity contribution is -0.136. The predicted molar refractivity (Wildman–Crippen MR) is 100 cm³/mol. The molecule has 0 saturated heterocycles. The van der Waals surface area contributed by atoms with Crippen molar-refractivity contribution in [3.63, 3.8) is 0 Å². The first-order valence-electron chi connectivity index (χ1n) is 8.25. The van der Waals surface area contributed by atoms with Crippen molar-refractivity contribution in [2.24, 2.45) is 0 Å². The highest BCUT2D eigenvalue weighted by Gasteiger charge is 2.34. The zero-order chi connectivity index (χ0) is 20.5. The minimum atomic E-state index is -4.45. The zero-order valence-corrected chi connectivity index (χ0v) is 15.7. The van der Waals surface area contributed by atoms with Gasteiger partial charge >= 0.3 is 5.97 Å². The summed E-state index contributed by atoms with van der Waals surface area (Å²) in [5.41, 5.74) is 0.465. The van der Waals surface area contributed by atoms with E-state index < -0.39 is 22.0 Å². The van der Waals surface area contributed by atoms with E-state index >= 15 is 0 Å². The molecule has 0 saturated carbocycles. The maximum Gasteiger partial charge on any atom is 0.337 e. The van der Waals surface area contributed by atoms with Gasteiger partial charge in [0.25, 0.3) is 16.0 Å². The van der Waals surface area contributed by atoms with Gasteiger partial charge in [-0.15, -0.1) is 0 Å². The summed E-state index contributed by atoms with van der Waals surface area (Å²) in [5.74, 6) is -1.17. The lowest BCUT2D eigenvalue weighted by Gasteiger charge is -2.15. The number of hydrogen-bond donors (Lipinski definition) is 3. The number of carbonyl (C=O) groups is 2. The third-order valence-corrected chi connectivity index (χ3v) is 5.29. The number of β-amino-alcohol motifs (C(OH)–C–C–N with tert-alkyl or cyclic N) is 1. The van der Waals surface area contributed by atoms with Crippen LogP contribution in [0.3, 0.4) is 0 Å². The zero-order valence-electron chi connectivity index (χ0n) is 14.9. The molecule has 0 unspecified atom stereocenters. The summed E-state index contributed by atoms with van der Waals surface area (Å²) in [4.78, 5) is 25.8. The fourth-order valence-corrected chi connectivity index (χ4v) is 3.81. The Hall–Kier alpha value is -2.95. The molecular formula is C18H18N2O7S. The Balaban J connectivity index is 2.10. The number of nitrogens with one attached hydrogen (secondary N) is 1. The van der Waals surface area contributed by atoms with Gasteiger partial charge in [0, 0.05) is 23.0 Å². The average Bonchev–Trinajstić information content (AvgIpc) is 2.96. The summed E-state index contributed by atoms with van der Waals surface area (Å²) in [6.07, 6.45) is 0. The molecule has 10 heteroatoms. The standard InChI is InChI=1S/C18H18N2O7S/c1-27-18(23)13-10-20(8-9-21)17(22)16(13)19-14-6-2-5-12-11(14)4-3-7-15(12)28(24,25)26/h2-7,19,21H,8-10H2,1H3,(H,24,25,26). The van der Waals surface area contributed by atoms with Crippen LogP contribution in [0.25, 0.3) is 10.8 Å². The van der Waals surface area contributed by atoms with Gasteiger partial charge in [0.15, 0.2) is 0 Å². The smallest absolute Gasteiger partial charge is 0.337 e. The molecule has 0 aromatic heterocycles. The maximum atomic E-state index is 12.6. The average molecular weight is 406 g/mol. The number of benzene rings is 2. The molecule has 0 fully saturated rings. The van der Waals surface area contributed by atoms with Gasteiger partial charge in [-0.3, -0.25) is 9.35 Å². The highest BCUT2D eigenvalue weighted by molar-refractivity contribution is 7.86. The number of aliphatic hydroxyl groups excluding tert-OH is 1. The number of fused-ring (bicyclic) bond motifs is 1. The number of esters is 1. The Morgan fingerprint density at radius 3 is 2.54 bits per heavy atom. The molecule has 148 valence electrons. The number of amides is 1. The van der Waals surface area contributed by atoms with Gasteiger partial charge in [0.2, 0.25) is 0 Å². The Bertz CT molecular complexity index is 1090. The van der Waals surface area contributed by atoms with Crippen LogP contribution in [0, 0.1) is 0 Å². The SMILES string of the molecule is COC(=O)C1=C(Nc2cccc3c(S(=O)(=O)O)cccc23)C(=O)N(CCO)C1. The highest BCUT2D eigenvalue weighted by atomic mass is 32.2. The number of nitrogens with zero attached hydrogens (tertiary/aromatic N) is 1. The molecule has 0 atom stereocenters. The second-order valence-corrected chi connectivity index (χ2v) is 7.44. The largest absolute Gasteiger partial charge is 0.466 e. The van der Waals surface area contributed by atoms with Gasteiger partial charge < -0.3 is 20.1 Å². The molecule has 28 heavy (non-hydrogen) atoms. The molecule has 3 N–H and O–H groups in total. The van der Waals surface area contributed by atoms with Gasteiger partial charge in [0.1, 0.15) is 10.6 Å². The van der Waals surface area contributed by atoms with E-state index in [0.717, 1.165) is 0 Å². The first kappa shape index (κ1) is 19.8. The van der Waals surface area contributed by atoms with Gasteiger partial charge in [-0.1, -0.05) is 24.3 Å². The van der Waals surface area contributed by atoms with Crippen molar-refractivity contribution < 1.29 is 32.4 Å². The van der Waals surface area contributed by atoms with Crippen molar-refractivity contribution in [2.45, 2.75) is 4.90 Å². The second-order valence-electron chi connectivity index (χ2n) is 6.05. The number of rotatable bonds is 6. The molecule has 2 aromatic rings. The van der Waals surface area contributed by atoms with Crippen LogP contribution in [0.2, 0.25) is 0 Å². The van der Waals surface area contributed by atoms with E-state index in [2.05, 4.69) is 5.32 Å². The number of aliphatic hydroxyl groups is 1. The first-order valence-corrected chi connectivity index (χ1v) is 9.69. The van der Waals surface area contributed by atoms with Gasteiger partial charge in [-0.25, -0.2) is 4.79 Å². The Labute approximate surface area is 161 Å². The first-order chi connectivity index (χ1) is 13.3. The van der Waals surface area contributed by atoms with E-state index in [4.69, 9.17) is 9.84 Å². The second kappa shape index (κ2) is 7.58. The summed E-state index contributed by atoms with van der Waals surface area (Å²) in [7, 11) is -3.25. The van der Waals surface area contributed by atoms with E-state index in [1.807, 2.05) is 0 Å². The lowest BCUT2D eigenvalue weighted by Crippen LogP contribution is -2.31. The third kappa shape index (κ3) is 3.57. The predicted octanol–water partition coefficient (Wildman–Crippen LogP) is 0.760. The van der Waals surface area contributed by atoms with E-state index in [9.17, 15) is 22.6 Å². The number of hydrogen-bond acceptors (Lipinski definition) is 7. The molecule has 0 aliphatic carbocycles. The van der Waals surface area contributed by atoms with Crippen LogP contribution in [0.5, 0.6) is 0 Å². The van der Waals surface area contributed by atoms with E-state index in [1.54, 1.807) is 18.2 Å².